The van der Waals surface area contributed by atoms with Crippen LogP contribution in [0.5, 0.6) is 0 Å². The number of anilines is 1. The zero-order valence-electron chi connectivity index (χ0n) is 17.2. The van der Waals surface area contributed by atoms with Crippen LogP contribution in [-0.4, -0.2) is 39.2 Å². The van der Waals surface area contributed by atoms with Gasteiger partial charge in [-0.1, -0.05) is 25.0 Å². The number of rotatable bonds is 8. The van der Waals surface area contributed by atoms with E-state index >= 15 is 0 Å². The van der Waals surface area contributed by atoms with E-state index in [2.05, 4.69) is 35.9 Å². The van der Waals surface area contributed by atoms with E-state index < -0.39 is 5.60 Å². The molecule has 156 valence electrons. The summed E-state index contributed by atoms with van der Waals surface area (Å²) in [6.45, 7) is 7.04. The summed E-state index contributed by atoms with van der Waals surface area (Å²) in [4.78, 5) is 20.8. The van der Waals surface area contributed by atoms with Gasteiger partial charge < -0.3 is 15.4 Å². The second-order valence-electron chi connectivity index (χ2n) is 7.96. The van der Waals surface area contributed by atoms with E-state index in [4.69, 9.17) is 9.72 Å². The van der Waals surface area contributed by atoms with Gasteiger partial charge in [0.1, 0.15) is 10.2 Å². The van der Waals surface area contributed by atoms with Crippen molar-refractivity contribution in [2.24, 2.45) is 0 Å². The summed E-state index contributed by atoms with van der Waals surface area (Å²) in [6.07, 6.45) is 5.53. The maximum atomic E-state index is 11.6. The molecule has 0 radical (unpaired) electrons. The summed E-state index contributed by atoms with van der Waals surface area (Å²) in [6, 6.07) is 8.03. The second kappa shape index (κ2) is 9.43. The van der Waals surface area contributed by atoms with Crippen molar-refractivity contribution in [1.82, 2.24) is 19.7 Å². The first kappa shape index (κ1) is 21.4. The first-order valence-corrected chi connectivity index (χ1v) is 10.8. The van der Waals surface area contributed by atoms with Crippen LogP contribution in [0.15, 0.2) is 35.1 Å². The number of hydrogen-bond donors (Lipinski definition) is 2. The highest BCUT2D eigenvalue weighted by Gasteiger charge is 2.15. The number of hydrogen-bond acceptors (Lipinski definition) is 5. The van der Waals surface area contributed by atoms with Crippen molar-refractivity contribution in [3.05, 3.63) is 35.1 Å². The number of aromatic nitrogens is 3. The molecule has 1 amide bonds. The lowest BCUT2D eigenvalue weighted by Crippen LogP contribution is -2.32. The molecule has 0 aliphatic heterocycles. The topological polar surface area (TPSA) is 80.5 Å². The van der Waals surface area contributed by atoms with Gasteiger partial charge in [-0.2, -0.15) is 0 Å². The van der Waals surface area contributed by atoms with Crippen LogP contribution in [0, 0.1) is 0 Å². The fourth-order valence-corrected chi connectivity index (χ4v) is 3.54. The Morgan fingerprint density at radius 3 is 2.62 bits per heavy atom. The second-order valence-corrected chi connectivity index (χ2v) is 8.77. The molecule has 0 aliphatic rings. The number of amides is 1. The average Bonchev–Trinajstić information content (AvgIpc) is 3.04. The monoisotopic (exact) mass is 461 g/mol. The Balaban J connectivity index is 1.43. The number of para-hydroxylation sites is 2. The van der Waals surface area contributed by atoms with Crippen LogP contribution < -0.4 is 10.6 Å². The number of fused-ring (bicyclic) bond motifs is 3. The third kappa shape index (κ3) is 5.82. The van der Waals surface area contributed by atoms with Gasteiger partial charge in [0.15, 0.2) is 11.5 Å². The number of benzene rings is 1. The molecular formula is C21H28BrN5O2. The van der Waals surface area contributed by atoms with Crippen LogP contribution in [0.25, 0.3) is 16.7 Å². The SMILES string of the molecule is CC(C)(C)OC(=O)NCCCCCCNc1nc2ccccc2n2c(Br)cnc12. The van der Waals surface area contributed by atoms with Crippen molar-refractivity contribution in [1.29, 1.82) is 0 Å². The van der Waals surface area contributed by atoms with Crippen molar-refractivity contribution < 1.29 is 9.53 Å². The van der Waals surface area contributed by atoms with Crippen molar-refractivity contribution in [2.75, 3.05) is 18.4 Å². The zero-order valence-corrected chi connectivity index (χ0v) is 18.8. The molecule has 0 fully saturated rings. The molecule has 0 atom stereocenters. The minimum absolute atomic E-state index is 0.351. The van der Waals surface area contributed by atoms with Gasteiger partial charge in [0, 0.05) is 13.1 Å². The first-order chi connectivity index (χ1) is 13.8. The van der Waals surface area contributed by atoms with Gasteiger partial charge in [0.05, 0.1) is 17.2 Å². The van der Waals surface area contributed by atoms with Gasteiger partial charge in [-0.15, -0.1) is 0 Å². The number of nitrogens with zero attached hydrogens (tertiary/aromatic N) is 3. The van der Waals surface area contributed by atoms with E-state index in [1.54, 1.807) is 6.20 Å². The largest absolute Gasteiger partial charge is 0.444 e. The molecule has 3 rings (SSSR count). The summed E-state index contributed by atoms with van der Waals surface area (Å²) < 4.78 is 8.19. The third-order valence-corrected chi connectivity index (χ3v) is 4.91. The molecule has 2 N–H and O–H groups in total. The van der Waals surface area contributed by atoms with Crippen LogP contribution in [0.1, 0.15) is 46.5 Å². The highest BCUT2D eigenvalue weighted by molar-refractivity contribution is 9.10. The Morgan fingerprint density at radius 1 is 1.14 bits per heavy atom. The summed E-state index contributed by atoms with van der Waals surface area (Å²) >= 11 is 3.57. The maximum absolute atomic E-state index is 11.6. The molecule has 0 spiro atoms. The van der Waals surface area contributed by atoms with Gasteiger partial charge in [-0.05, 0) is 61.7 Å². The van der Waals surface area contributed by atoms with Crippen LogP contribution in [0.4, 0.5) is 10.6 Å². The maximum Gasteiger partial charge on any atom is 0.407 e. The molecular weight excluding hydrogens is 434 g/mol. The van der Waals surface area contributed by atoms with Crippen molar-refractivity contribution in [2.45, 2.75) is 52.1 Å². The molecule has 0 saturated carbocycles. The van der Waals surface area contributed by atoms with Crippen molar-refractivity contribution >= 4 is 44.5 Å². The highest BCUT2D eigenvalue weighted by atomic mass is 79.9. The van der Waals surface area contributed by atoms with E-state index in [-0.39, 0.29) is 6.09 Å². The number of carbonyl (C=O) groups is 1. The molecule has 0 bridgehead atoms. The number of nitrogens with one attached hydrogen (secondary N) is 2. The average molecular weight is 462 g/mol. The fourth-order valence-electron chi connectivity index (χ4n) is 3.08. The lowest BCUT2D eigenvalue weighted by atomic mass is 10.2. The smallest absolute Gasteiger partial charge is 0.407 e. The predicted octanol–water partition coefficient (Wildman–Crippen LogP) is 5.14. The number of carbonyl (C=O) groups excluding carboxylic acids is 1. The molecule has 2 heterocycles. The molecule has 7 nitrogen and oxygen atoms in total. The Kier molecular flexibility index (Phi) is 6.95. The van der Waals surface area contributed by atoms with Crippen molar-refractivity contribution in [3.63, 3.8) is 0 Å². The highest BCUT2D eigenvalue weighted by Crippen LogP contribution is 2.25. The normalized spacial score (nSPS) is 11.7. The molecule has 2 aromatic heterocycles. The molecule has 0 saturated heterocycles. The first-order valence-electron chi connectivity index (χ1n) is 9.97. The van der Waals surface area contributed by atoms with Gasteiger partial charge in [-0.25, -0.2) is 14.8 Å². The summed E-state index contributed by atoms with van der Waals surface area (Å²) in [7, 11) is 0. The van der Waals surface area contributed by atoms with Gasteiger partial charge >= 0.3 is 6.09 Å². The number of imidazole rings is 1. The zero-order chi connectivity index (χ0) is 20.9. The molecule has 1 aromatic carbocycles. The van der Waals surface area contributed by atoms with Gasteiger partial charge in [0.2, 0.25) is 0 Å². The Bertz CT molecular complexity index is 980. The minimum Gasteiger partial charge on any atom is -0.444 e. The Labute approximate surface area is 179 Å². The number of alkyl carbamates (subject to hydrolysis) is 1. The summed E-state index contributed by atoms with van der Waals surface area (Å²) in [5.41, 5.74) is 2.31. The summed E-state index contributed by atoms with van der Waals surface area (Å²) in [5, 5.41) is 6.22. The van der Waals surface area contributed by atoms with Crippen LogP contribution in [0.3, 0.4) is 0 Å². The molecule has 0 unspecified atom stereocenters. The summed E-state index contributed by atoms with van der Waals surface area (Å²) in [5.74, 6) is 0.793. The molecule has 8 heteroatoms. The van der Waals surface area contributed by atoms with E-state index in [1.807, 2.05) is 45.0 Å². The lowest BCUT2D eigenvalue weighted by Gasteiger charge is -2.19. The van der Waals surface area contributed by atoms with E-state index in [9.17, 15) is 4.79 Å². The number of unbranched alkanes of at least 4 members (excludes halogenated alkanes) is 3. The third-order valence-electron chi connectivity index (χ3n) is 4.35. The van der Waals surface area contributed by atoms with Crippen LogP contribution >= 0.6 is 15.9 Å². The Hall–Kier alpha value is -2.35. The molecule has 29 heavy (non-hydrogen) atoms. The predicted molar refractivity (Wildman–Crippen MR) is 119 cm³/mol. The van der Waals surface area contributed by atoms with E-state index in [0.717, 1.165) is 59.3 Å². The molecule has 3 aromatic rings. The standard InChI is InChI=1S/C21H28BrN5O2/c1-21(2,3)29-20(28)24-13-9-5-4-8-12-23-18-19-25-14-17(22)27(19)16-11-7-6-10-15(16)26-18/h6-7,10-11,14H,4-5,8-9,12-13H2,1-3H3,(H,23,26)(H,24,28). The van der Waals surface area contributed by atoms with E-state index in [0.29, 0.717) is 6.54 Å². The van der Waals surface area contributed by atoms with Crippen LogP contribution in [-0.2, 0) is 4.74 Å². The molecule has 0 aliphatic carbocycles. The van der Waals surface area contributed by atoms with Crippen LogP contribution in [0.2, 0.25) is 0 Å². The lowest BCUT2D eigenvalue weighted by molar-refractivity contribution is 0.0527. The number of halogens is 1. The van der Waals surface area contributed by atoms with Gasteiger partial charge in [0.25, 0.3) is 0 Å². The number of ether oxygens (including phenoxy) is 1. The van der Waals surface area contributed by atoms with Crippen molar-refractivity contribution in [3.8, 4) is 0 Å². The Morgan fingerprint density at radius 2 is 1.86 bits per heavy atom. The fraction of sp³-hybridized carbons (Fsp3) is 0.476. The minimum atomic E-state index is -0.456. The van der Waals surface area contributed by atoms with E-state index in [1.165, 1.54) is 0 Å². The van der Waals surface area contributed by atoms with Gasteiger partial charge in [-0.3, -0.25) is 4.40 Å². The quantitative estimate of drug-likeness (QED) is 0.453.